The molecule has 0 saturated heterocycles. The first-order valence-electron chi connectivity index (χ1n) is 7.70. The van der Waals surface area contributed by atoms with Crippen LogP contribution in [0.1, 0.15) is 12.5 Å². The zero-order valence-electron chi connectivity index (χ0n) is 13.1. The van der Waals surface area contributed by atoms with E-state index in [1.54, 1.807) is 0 Å². The Bertz CT molecular complexity index is 670. The summed E-state index contributed by atoms with van der Waals surface area (Å²) in [6.07, 6.45) is 0.0108. The van der Waals surface area contributed by atoms with E-state index in [0.717, 1.165) is 40.4 Å². The summed E-state index contributed by atoms with van der Waals surface area (Å²) in [5.41, 5.74) is 10.2. The molecule has 3 N–H and O–H groups in total. The summed E-state index contributed by atoms with van der Waals surface area (Å²) < 4.78 is 11.6. The zero-order chi connectivity index (χ0) is 15.5. The van der Waals surface area contributed by atoms with Crippen molar-refractivity contribution in [1.82, 2.24) is 0 Å². The largest absolute Gasteiger partial charge is 0.494 e. The van der Waals surface area contributed by atoms with Crippen molar-refractivity contribution in [1.29, 1.82) is 0 Å². The van der Waals surface area contributed by atoms with E-state index in [1.807, 2.05) is 25.1 Å². The van der Waals surface area contributed by atoms with Crippen molar-refractivity contribution < 1.29 is 9.47 Å². The van der Waals surface area contributed by atoms with Gasteiger partial charge in [0.25, 0.3) is 0 Å². The Kier molecular flexibility index (Phi) is 4.20. The first-order chi connectivity index (χ1) is 10.7. The van der Waals surface area contributed by atoms with E-state index in [1.165, 1.54) is 0 Å². The molecule has 3 rings (SSSR count). The minimum absolute atomic E-state index is 0.0108. The van der Waals surface area contributed by atoms with Gasteiger partial charge in [-0.2, -0.15) is 0 Å². The number of fused-ring (bicyclic) bond motifs is 1. The van der Waals surface area contributed by atoms with Crippen LogP contribution < -0.4 is 20.5 Å². The van der Waals surface area contributed by atoms with Crippen molar-refractivity contribution in [2.24, 2.45) is 5.73 Å². The molecular formula is C18H22N2O2. The van der Waals surface area contributed by atoms with Gasteiger partial charge >= 0.3 is 0 Å². The molecule has 0 radical (unpaired) electrons. The Hall–Kier alpha value is -2.20. The Balaban J connectivity index is 2.02. The molecule has 0 aromatic heterocycles. The van der Waals surface area contributed by atoms with Gasteiger partial charge in [-0.3, -0.25) is 0 Å². The van der Waals surface area contributed by atoms with Gasteiger partial charge in [-0.25, -0.2) is 0 Å². The molecule has 0 fully saturated rings. The van der Waals surface area contributed by atoms with Crippen molar-refractivity contribution in [3.63, 3.8) is 0 Å². The van der Waals surface area contributed by atoms with Crippen LogP contribution in [0.4, 0.5) is 5.69 Å². The standard InChI is InChI=1S/C18H22N2O2/c1-3-21-13-7-8-15(12(2)9-13)16-5-4-6-17-18(16)22-14(10-19)11-20-17/h4-9,14,20H,3,10-11,19H2,1-2H3/t14-/m0/s1. The minimum atomic E-state index is 0.0108. The van der Waals surface area contributed by atoms with Gasteiger partial charge < -0.3 is 20.5 Å². The summed E-state index contributed by atoms with van der Waals surface area (Å²) in [5, 5.41) is 3.40. The molecule has 116 valence electrons. The van der Waals surface area contributed by atoms with Gasteiger partial charge in [-0.05, 0) is 43.2 Å². The lowest BCUT2D eigenvalue weighted by atomic mass is 9.98. The summed E-state index contributed by atoms with van der Waals surface area (Å²) in [6.45, 7) is 6.00. The number of benzene rings is 2. The predicted molar refractivity (Wildman–Crippen MR) is 89.7 cm³/mol. The average molecular weight is 298 g/mol. The van der Waals surface area contributed by atoms with Crippen LogP contribution in [0.3, 0.4) is 0 Å². The van der Waals surface area contributed by atoms with Crippen molar-refractivity contribution in [3.05, 3.63) is 42.0 Å². The van der Waals surface area contributed by atoms with Crippen LogP contribution in [0.25, 0.3) is 11.1 Å². The van der Waals surface area contributed by atoms with Crippen molar-refractivity contribution >= 4 is 5.69 Å². The topological polar surface area (TPSA) is 56.5 Å². The van der Waals surface area contributed by atoms with Gasteiger partial charge in [0.1, 0.15) is 11.9 Å². The molecule has 0 bridgehead atoms. The normalized spacial score (nSPS) is 16.4. The number of hydrogen-bond donors (Lipinski definition) is 2. The molecule has 4 heteroatoms. The van der Waals surface area contributed by atoms with Gasteiger partial charge in [-0.15, -0.1) is 0 Å². The van der Waals surface area contributed by atoms with Crippen molar-refractivity contribution in [2.45, 2.75) is 20.0 Å². The van der Waals surface area contributed by atoms with E-state index in [4.69, 9.17) is 15.2 Å². The lowest BCUT2D eigenvalue weighted by Crippen LogP contribution is -2.37. The monoisotopic (exact) mass is 298 g/mol. The highest BCUT2D eigenvalue weighted by atomic mass is 16.5. The second-order valence-electron chi connectivity index (χ2n) is 5.45. The van der Waals surface area contributed by atoms with Crippen LogP contribution in [0.5, 0.6) is 11.5 Å². The fourth-order valence-electron chi connectivity index (χ4n) is 2.77. The third kappa shape index (κ3) is 2.74. The van der Waals surface area contributed by atoms with E-state index in [2.05, 4.69) is 30.4 Å². The van der Waals surface area contributed by atoms with Gasteiger partial charge in [0.05, 0.1) is 18.8 Å². The molecule has 0 aliphatic carbocycles. The Labute approximate surface area is 131 Å². The number of nitrogens with one attached hydrogen (secondary N) is 1. The summed E-state index contributed by atoms with van der Waals surface area (Å²) >= 11 is 0. The second kappa shape index (κ2) is 6.28. The molecule has 0 unspecified atom stereocenters. The maximum Gasteiger partial charge on any atom is 0.150 e. The fourth-order valence-corrected chi connectivity index (χ4v) is 2.77. The first kappa shape index (κ1) is 14.7. The van der Waals surface area contributed by atoms with Gasteiger partial charge in [-0.1, -0.05) is 18.2 Å². The highest BCUT2D eigenvalue weighted by molar-refractivity contribution is 5.80. The van der Waals surface area contributed by atoms with Crippen LogP contribution >= 0.6 is 0 Å². The average Bonchev–Trinajstić information content (AvgIpc) is 2.54. The second-order valence-corrected chi connectivity index (χ2v) is 5.45. The molecule has 0 amide bonds. The Morgan fingerprint density at radius 1 is 1.27 bits per heavy atom. The summed E-state index contributed by atoms with van der Waals surface area (Å²) in [6, 6.07) is 12.3. The maximum atomic E-state index is 6.08. The predicted octanol–water partition coefficient (Wildman–Crippen LogP) is 3.19. The molecular weight excluding hydrogens is 276 g/mol. The molecule has 2 aromatic carbocycles. The highest BCUT2D eigenvalue weighted by Crippen LogP contribution is 2.40. The van der Waals surface area contributed by atoms with E-state index in [0.29, 0.717) is 13.2 Å². The smallest absolute Gasteiger partial charge is 0.150 e. The molecule has 4 nitrogen and oxygen atoms in total. The molecule has 1 atom stereocenters. The van der Waals surface area contributed by atoms with Gasteiger partial charge in [0, 0.05) is 12.1 Å². The lowest BCUT2D eigenvalue weighted by molar-refractivity contribution is 0.215. The molecule has 1 heterocycles. The van der Waals surface area contributed by atoms with Crippen LogP contribution in [0.15, 0.2) is 36.4 Å². The number of ether oxygens (including phenoxy) is 2. The van der Waals surface area contributed by atoms with Crippen LogP contribution in [-0.2, 0) is 0 Å². The molecule has 0 saturated carbocycles. The molecule has 1 aliphatic heterocycles. The number of rotatable bonds is 4. The van der Waals surface area contributed by atoms with Crippen molar-refractivity contribution in [2.75, 3.05) is 25.0 Å². The van der Waals surface area contributed by atoms with E-state index in [-0.39, 0.29) is 6.10 Å². The van der Waals surface area contributed by atoms with Crippen molar-refractivity contribution in [3.8, 4) is 22.6 Å². The van der Waals surface area contributed by atoms with Crippen LogP contribution in [-0.4, -0.2) is 25.8 Å². The number of aryl methyl sites for hydroxylation is 1. The fraction of sp³-hybridized carbons (Fsp3) is 0.333. The van der Waals surface area contributed by atoms with Crippen LogP contribution in [0, 0.1) is 6.92 Å². The summed E-state index contributed by atoms with van der Waals surface area (Å²) in [7, 11) is 0. The SMILES string of the molecule is CCOc1ccc(-c2cccc3c2O[C@@H](CN)CN3)c(C)c1. The lowest BCUT2D eigenvalue weighted by Gasteiger charge is -2.28. The van der Waals surface area contributed by atoms with Crippen LogP contribution in [0.2, 0.25) is 0 Å². The first-order valence-corrected chi connectivity index (χ1v) is 7.70. The number of hydrogen-bond acceptors (Lipinski definition) is 4. The third-order valence-corrected chi connectivity index (χ3v) is 3.88. The Morgan fingerprint density at radius 2 is 2.14 bits per heavy atom. The summed E-state index contributed by atoms with van der Waals surface area (Å²) in [5.74, 6) is 1.78. The van der Waals surface area contributed by atoms with E-state index >= 15 is 0 Å². The molecule has 2 aromatic rings. The van der Waals surface area contributed by atoms with Gasteiger partial charge in [0.15, 0.2) is 5.75 Å². The van der Waals surface area contributed by atoms with E-state index in [9.17, 15) is 0 Å². The summed E-state index contributed by atoms with van der Waals surface area (Å²) in [4.78, 5) is 0. The number of anilines is 1. The zero-order valence-corrected chi connectivity index (χ0v) is 13.1. The van der Waals surface area contributed by atoms with Gasteiger partial charge in [0.2, 0.25) is 0 Å². The quantitative estimate of drug-likeness (QED) is 0.910. The molecule has 22 heavy (non-hydrogen) atoms. The Morgan fingerprint density at radius 3 is 2.86 bits per heavy atom. The molecule has 1 aliphatic rings. The molecule has 0 spiro atoms. The maximum absolute atomic E-state index is 6.08. The third-order valence-electron chi connectivity index (χ3n) is 3.88. The number of nitrogens with two attached hydrogens (primary N) is 1. The highest BCUT2D eigenvalue weighted by Gasteiger charge is 2.22. The van der Waals surface area contributed by atoms with E-state index < -0.39 is 0 Å². The minimum Gasteiger partial charge on any atom is -0.494 e. The number of para-hydroxylation sites is 1.